The Kier molecular flexibility index (Phi) is 6.58. The van der Waals surface area contributed by atoms with E-state index in [1.54, 1.807) is 29.3 Å². The second-order valence-electron chi connectivity index (χ2n) is 5.18. The van der Waals surface area contributed by atoms with Crippen molar-refractivity contribution in [3.63, 3.8) is 0 Å². The molecule has 0 aliphatic heterocycles. The van der Waals surface area contributed by atoms with Crippen LogP contribution in [0.15, 0.2) is 42.6 Å². The zero-order valence-electron chi connectivity index (χ0n) is 13.1. The summed E-state index contributed by atoms with van der Waals surface area (Å²) in [6.45, 7) is 2.13. The molecule has 0 aliphatic carbocycles. The second kappa shape index (κ2) is 8.66. The molecule has 24 heavy (non-hydrogen) atoms. The van der Waals surface area contributed by atoms with E-state index in [0.29, 0.717) is 28.8 Å². The predicted molar refractivity (Wildman–Crippen MR) is 95.0 cm³/mol. The SMILES string of the molecule is CC(=O)N(CCC(=O)Nc1ccc(Cl)cc1Cl)Cc1ccccn1. The van der Waals surface area contributed by atoms with Crippen LogP contribution >= 0.6 is 23.2 Å². The molecule has 0 unspecified atom stereocenters. The lowest BCUT2D eigenvalue weighted by Crippen LogP contribution is -2.31. The van der Waals surface area contributed by atoms with Gasteiger partial charge in [-0.2, -0.15) is 0 Å². The molecule has 0 aliphatic rings. The number of halogens is 2. The van der Waals surface area contributed by atoms with Crippen molar-refractivity contribution in [2.75, 3.05) is 11.9 Å². The van der Waals surface area contributed by atoms with Crippen molar-refractivity contribution >= 4 is 40.7 Å². The smallest absolute Gasteiger partial charge is 0.226 e. The maximum absolute atomic E-state index is 12.1. The molecule has 7 heteroatoms. The lowest BCUT2D eigenvalue weighted by molar-refractivity contribution is -0.130. The van der Waals surface area contributed by atoms with Crippen LogP contribution in [0.25, 0.3) is 0 Å². The van der Waals surface area contributed by atoms with Crippen LogP contribution in [0.5, 0.6) is 0 Å². The lowest BCUT2D eigenvalue weighted by atomic mass is 10.2. The number of nitrogens with zero attached hydrogens (tertiary/aromatic N) is 2. The van der Waals surface area contributed by atoms with Crippen molar-refractivity contribution in [2.24, 2.45) is 0 Å². The summed E-state index contributed by atoms with van der Waals surface area (Å²) >= 11 is 11.8. The number of benzene rings is 1. The van der Waals surface area contributed by atoms with Crippen molar-refractivity contribution < 1.29 is 9.59 Å². The van der Waals surface area contributed by atoms with E-state index in [1.807, 2.05) is 18.2 Å². The largest absolute Gasteiger partial charge is 0.337 e. The summed E-state index contributed by atoms with van der Waals surface area (Å²) in [5.41, 5.74) is 1.26. The molecule has 0 saturated heterocycles. The third-order valence-corrected chi connectivity index (χ3v) is 3.89. The second-order valence-corrected chi connectivity index (χ2v) is 6.03. The summed E-state index contributed by atoms with van der Waals surface area (Å²) in [6.07, 6.45) is 1.83. The Hall–Kier alpha value is -2.11. The summed E-state index contributed by atoms with van der Waals surface area (Å²) in [7, 11) is 0. The fourth-order valence-electron chi connectivity index (χ4n) is 2.08. The van der Waals surface area contributed by atoms with E-state index in [4.69, 9.17) is 23.2 Å². The lowest BCUT2D eigenvalue weighted by Gasteiger charge is -2.20. The number of hydrogen-bond donors (Lipinski definition) is 1. The zero-order valence-corrected chi connectivity index (χ0v) is 14.6. The van der Waals surface area contributed by atoms with Gasteiger partial charge in [0.25, 0.3) is 0 Å². The van der Waals surface area contributed by atoms with Gasteiger partial charge in [0.2, 0.25) is 11.8 Å². The van der Waals surface area contributed by atoms with E-state index in [-0.39, 0.29) is 18.2 Å². The van der Waals surface area contributed by atoms with Crippen LogP contribution in [-0.2, 0) is 16.1 Å². The average Bonchev–Trinajstić information content (AvgIpc) is 2.55. The van der Waals surface area contributed by atoms with Gasteiger partial charge in [-0.05, 0) is 30.3 Å². The number of aromatic nitrogens is 1. The van der Waals surface area contributed by atoms with Crippen LogP contribution in [0.3, 0.4) is 0 Å². The molecule has 5 nitrogen and oxygen atoms in total. The van der Waals surface area contributed by atoms with Crippen molar-refractivity contribution in [3.8, 4) is 0 Å². The zero-order chi connectivity index (χ0) is 17.5. The average molecular weight is 366 g/mol. The number of carbonyl (C=O) groups excluding carboxylic acids is 2. The topological polar surface area (TPSA) is 62.3 Å². The standard InChI is InChI=1S/C17H17Cl2N3O2/c1-12(23)22(11-14-4-2-3-8-20-14)9-7-17(24)21-16-6-5-13(18)10-15(16)19/h2-6,8,10H,7,9,11H2,1H3,(H,21,24). The van der Waals surface area contributed by atoms with E-state index in [9.17, 15) is 9.59 Å². The fraction of sp³-hybridized carbons (Fsp3) is 0.235. The fourth-order valence-corrected chi connectivity index (χ4v) is 2.53. The van der Waals surface area contributed by atoms with Gasteiger partial charge in [0.1, 0.15) is 0 Å². The summed E-state index contributed by atoms with van der Waals surface area (Å²) in [5.74, 6) is -0.343. The van der Waals surface area contributed by atoms with Gasteiger partial charge in [-0.15, -0.1) is 0 Å². The van der Waals surface area contributed by atoms with E-state index < -0.39 is 0 Å². The molecule has 0 bridgehead atoms. The molecule has 2 amide bonds. The quantitative estimate of drug-likeness (QED) is 0.847. The third-order valence-electron chi connectivity index (χ3n) is 3.34. The number of carbonyl (C=O) groups is 2. The van der Waals surface area contributed by atoms with Crippen molar-refractivity contribution in [3.05, 3.63) is 58.3 Å². The molecule has 1 heterocycles. The molecule has 0 spiro atoms. The minimum atomic E-state index is -0.230. The van der Waals surface area contributed by atoms with Crippen molar-refractivity contribution in [2.45, 2.75) is 19.9 Å². The van der Waals surface area contributed by atoms with Gasteiger partial charge in [-0.25, -0.2) is 0 Å². The highest BCUT2D eigenvalue weighted by atomic mass is 35.5. The van der Waals surface area contributed by atoms with Crippen molar-refractivity contribution in [1.29, 1.82) is 0 Å². The first-order chi connectivity index (χ1) is 11.5. The minimum Gasteiger partial charge on any atom is -0.337 e. The number of rotatable bonds is 6. The Balaban J connectivity index is 1.91. The van der Waals surface area contributed by atoms with Gasteiger partial charge in [0.15, 0.2) is 0 Å². The predicted octanol–water partition coefficient (Wildman–Crippen LogP) is 3.77. The minimum absolute atomic E-state index is 0.113. The third kappa shape index (κ3) is 5.51. The molecule has 1 aromatic carbocycles. The summed E-state index contributed by atoms with van der Waals surface area (Å²) in [4.78, 5) is 29.6. The van der Waals surface area contributed by atoms with Crippen LogP contribution in [0, 0.1) is 0 Å². The molecule has 126 valence electrons. The maximum atomic E-state index is 12.1. The summed E-state index contributed by atoms with van der Waals surface area (Å²) in [5, 5.41) is 3.58. The van der Waals surface area contributed by atoms with Gasteiger partial charge in [0, 0.05) is 31.1 Å². The first-order valence-electron chi connectivity index (χ1n) is 7.36. The highest BCUT2D eigenvalue weighted by Gasteiger charge is 2.13. The van der Waals surface area contributed by atoms with Gasteiger partial charge in [0.05, 0.1) is 22.9 Å². The maximum Gasteiger partial charge on any atom is 0.226 e. The molecule has 0 radical (unpaired) electrons. The van der Waals surface area contributed by atoms with Crippen LogP contribution in [0.2, 0.25) is 10.0 Å². The summed E-state index contributed by atoms with van der Waals surface area (Å²) < 4.78 is 0. The molecule has 2 rings (SSSR count). The van der Waals surface area contributed by atoms with Gasteiger partial charge in [-0.1, -0.05) is 29.3 Å². The molecule has 1 aromatic heterocycles. The van der Waals surface area contributed by atoms with Crippen LogP contribution < -0.4 is 5.32 Å². The Bertz CT molecular complexity index is 723. The van der Waals surface area contributed by atoms with Gasteiger partial charge >= 0.3 is 0 Å². The molecule has 2 aromatic rings. The molecular formula is C17H17Cl2N3O2. The monoisotopic (exact) mass is 365 g/mol. The Labute approximate surface area is 150 Å². The Morgan fingerprint density at radius 3 is 2.62 bits per heavy atom. The number of pyridine rings is 1. The molecule has 0 fully saturated rings. The molecular weight excluding hydrogens is 349 g/mol. The first-order valence-corrected chi connectivity index (χ1v) is 8.11. The van der Waals surface area contributed by atoms with E-state index in [2.05, 4.69) is 10.3 Å². The van der Waals surface area contributed by atoms with Crippen LogP contribution in [-0.4, -0.2) is 28.2 Å². The van der Waals surface area contributed by atoms with E-state index in [0.717, 1.165) is 5.69 Å². The van der Waals surface area contributed by atoms with E-state index >= 15 is 0 Å². The van der Waals surface area contributed by atoms with Crippen LogP contribution in [0.1, 0.15) is 19.0 Å². The highest BCUT2D eigenvalue weighted by molar-refractivity contribution is 6.36. The van der Waals surface area contributed by atoms with E-state index in [1.165, 1.54) is 6.92 Å². The van der Waals surface area contributed by atoms with Crippen LogP contribution in [0.4, 0.5) is 5.69 Å². The Morgan fingerprint density at radius 2 is 2.00 bits per heavy atom. The van der Waals surface area contributed by atoms with Gasteiger partial charge in [-0.3, -0.25) is 14.6 Å². The molecule has 0 atom stereocenters. The summed E-state index contributed by atoms with van der Waals surface area (Å²) in [6, 6.07) is 10.3. The highest BCUT2D eigenvalue weighted by Crippen LogP contribution is 2.25. The number of anilines is 1. The van der Waals surface area contributed by atoms with Gasteiger partial charge < -0.3 is 10.2 Å². The molecule has 1 N–H and O–H groups in total. The number of nitrogens with one attached hydrogen (secondary N) is 1. The molecule has 0 saturated carbocycles. The number of amides is 2. The Morgan fingerprint density at radius 1 is 1.21 bits per heavy atom. The normalized spacial score (nSPS) is 10.3. The van der Waals surface area contributed by atoms with Crippen molar-refractivity contribution in [1.82, 2.24) is 9.88 Å². The number of hydrogen-bond acceptors (Lipinski definition) is 3. The first kappa shape index (κ1) is 18.2.